The fraction of sp³-hybridized carbons (Fsp3) is 0.409. The molecule has 0 amide bonds. The topological polar surface area (TPSA) is 69.6 Å². The highest BCUT2D eigenvalue weighted by Crippen LogP contribution is 2.43. The minimum atomic E-state index is -1.10. The summed E-state index contributed by atoms with van der Waals surface area (Å²) in [7, 11) is 2.26. The van der Waals surface area contributed by atoms with Crippen LogP contribution >= 0.6 is 0 Å². The lowest BCUT2D eigenvalue weighted by atomic mass is 9.84. The number of quaternary nitrogens is 1. The fourth-order valence-corrected chi connectivity index (χ4v) is 4.54. The summed E-state index contributed by atoms with van der Waals surface area (Å²) >= 11 is 0. The van der Waals surface area contributed by atoms with Crippen LogP contribution in [0.2, 0.25) is 0 Å². The Hall–Kier alpha value is -1.89. The van der Waals surface area contributed by atoms with Gasteiger partial charge in [0.1, 0.15) is 24.1 Å². The van der Waals surface area contributed by atoms with Crippen molar-refractivity contribution >= 4 is 5.97 Å². The minimum Gasteiger partial charge on any atom is -1.00 e. The summed E-state index contributed by atoms with van der Waals surface area (Å²) in [6, 6.07) is 14.3. The summed E-state index contributed by atoms with van der Waals surface area (Å²) in [5, 5.41) is 20.9. The number of carboxylic acid groups (broad SMARTS) is 1. The first-order valence-corrected chi connectivity index (χ1v) is 9.55. The molecule has 4 aliphatic rings. The number of piperidine rings is 3. The summed E-state index contributed by atoms with van der Waals surface area (Å²) in [5.74, 6) is -0.0508. The lowest BCUT2D eigenvalue weighted by molar-refractivity contribution is -0.928. The molecule has 4 aliphatic heterocycles. The second-order valence-electron chi connectivity index (χ2n) is 8.08. The van der Waals surface area contributed by atoms with Gasteiger partial charge in [0, 0.05) is 29.9 Å². The van der Waals surface area contributed by atoms with E-state index in [1.807, 2.05) is 12.1 Å². The van der Waals surface area contributed by atoms with Gasteiger partial charge in [-0.3, -0.25) is 0 Å². The van der Waals surface area contributed by atoms with E-state index in [9.17, 15) is 15.0 Å². The highest BCUT2D eigenvalue weighted by Gasteiger charge is 2.42. The van der Waals surface area contributed by atoms with Crippen molar-refractivity contribution in [3.63, 3.8) is 0 Å². The summed E-state index contributed by atoms with van der Waals surface area (Å²) < 4.78 is 6.79. The number of carbonyl (C=O) groups is 1. The average molecular weight is 447 g/mol. The van der Waals surface area contributed by atoms with Gasteiger partial charge >= 0.3 is 0 Å². The van der Waals surface area contributed by atoms with Crippen LogP contribution in [0.15, 0.2) is 48.5 Å². The van der Waals surface area contributed by atoms with Crippen LogP contribution in [0.1, 0.15) is 29.9 Å². The number of nitrogens with zero attached hydrogens (tertiary/aromatic N) is 1. The molecule has 0 radical (unpaired) electrons. The largest absolute Gasteiger partial charge is 1.00 e. The molecule has 4 heterocycles. The maximum absolute atomic E-state index is 11.3. The molecule has 0 aliphatic carbocycles. The van der Waals surface area contributed by atoms with E-state index in [0.717, 1.165) is 11.0 Å². The van der Waals surface area contributed by atoms with Crippen LogP contribution in [0.4, 0.5) is 0 Å². The fourth-order valence-electron chi connectivity index (χ4n) is 4.54. The van der Waals surface area contributed by atoms with Crippen LogP contribution in [0.25, 0.3) is 0 Å². The lowest BCUT2D eigenvalue weighted by Gasteiger charge is -2.48. The van der Waals surface area contributed by atoms with Crippen LogP contribution in [0.5, 0.6) is 11.5 Å². The van der Waals surface area contributed by atoms with E-state index in [-0.39, 0.29) is 23.1 Å². The molecule has 1 unspecified atom stereocenters. The van der Waals surface area contributed by atoms with Crippen molar-refractivity contribution in [3.8, 4) is 11.5 Å². The van der Waals surface area contributed by atoms with Gasteiger partial charge in [0.15, 0.2) is 0 Å². The number of aliphatic hydroxyl groups excluding tert-OH is 1. The summed E-state index contributed by atoms with van der Waals surface area (Å²) in [6.07, 6.45) is 2.50. The van der Waals surface area contributed by atoms with E-state index in [4.69, 9.17) is 4.74 Å². The number of aliphatic hydroxyl groups is 1. The molecule has 6 heteroatoms. The zero-order valence-electron chi connectivity index (χ0n) is 15.9. The Balaban J connectivity index is 0.000000175. The number of para-hydroxylation sites is 2. The number of carboxylic acids is 1. The second-order valence-corrected chi connectivity index (χ2v) is 8.08. The molecular weight excluding hydrogens is 422 g/mol. The Morgan fingerprint density at radius 1 is 1.04 bits per heavy atom. The Labute approximate surface area is 175 Å². The zero-order chi connectivity index (χ0) is 19.0. The lowest BCUT2D eigenvalue weighted by Crippen LogP contribution is -3.00. The first-order chi connectivity index (χ1) is 13.0. The van der Waals surface area contributed by atoms with E-state index in [1.165, 1.54) is 25.9 Å². The van der Waals surface area contributed by atoms with Gasteiger partial charge in [0.05, 0.1) is 32.0 Å². The molecule has 2 aromatic carbocycles. The van der Waals surface area contributed by atoms with Crippen molar-refractivity contribution in [2.45, 2.75) is 24.9 Å². The summed E-state index contributed by atoms with van der Waals surface area (Å²) in [6.45, 7) is 3.59. The minimum absolute atomic E-state index is 0. The van der Waals surface area contributed by atoms with E-state index < -0.39 is 11.9 Å². The quantitative estimate of drug-likeness (QED) is 0.564. The van der Waals surface area contributed by atoms with E-state index in [2.05, 4.69) is 7.05 Å². The molecule has 0 aromatic heterocycles. The molecule has 2 bridgehead atoms. The van der Waals surface area contributed by atoms with Crippen LogP contribution in [-0.2, 0) is 4.79 Å². The van der Waals surface area contributed by atoms with Gasteiger partial charge in [-0.15, -0.1) is 0 Å². The first kappa shape index (κ1) is 20.8. The maximum atomic E-state index is 11.3. The molecule has 28 heavy (non-hydrogen) atoms. The van der Waals surface area contributed by atoms with Gasteiger partial charge in [-0.05, 0) is 12.1 Å². The normalized spacial score (nSPS) is 27.2. The average Bonchev–Trinajstić information content (AvgIpc) is 2.66. The van der Waals surface area contributed by atoms with Crippen LogP contribution in [-0.4, -0.2) is 48.3 Å². The van der Waals surface area contributed by atoms with Gasteiger partial charge < -0.3 is 41.2 Å². The number of likely N-dealkylation sites (N-methyl/N-ethyl adjacent to an activating group) is 1. The highest BCUT2D eigenvalue weighted by molar-refractivity contribution is 5.82. The SMILES string of the molecule is C[N+]12CCC(CC1)C(O)C2.O=C([O-])C1c2ccccc2Oc2ccccc21.[Br-]. The number of benzene rings is 2. The standard InChI is InChI=1S/C14H10O3.C8H16NO.BrH/c15-14(16)13-9-5-1-3-7-11(9)17-12-8-4-2-6-10(12)13;1-9-4-2-7(3-5-9)8(10)6-9;/h1-8,13H,(H,15,16);7-8,10H,2-6H2,1H3;1H/q;+1;/p-2. The number of hydrogen-bond acceptors (Lipinski definition) is 4. The maximum Gasteiger partial charge on any atom is 0.131 e. The number of ether oxygens (including phenoxy) is 1. The second kappa shape index (κ2) is 8.23. The zero-order valence-corrected chi connectivity index (χ0v) is 17.5. The molecule has 0 spiro atoms. The molecule has 3 saturated heterocycles. The number of aliphatic carboxylic acids is 1. The van der Waals surface area contributed by atoms with E-state index in [1.54, 1.807) is 36.4 Å². The summed E-state index contributed by atoms with van der Waals surface area (Å²) in [4.78, 5) is 11.3. The van der Waals surface area contributed by atoms with Crippen molar-refractivity contribution < 1.29 is 41.2 Å². The van der Waals surface area contributed by atoms with Crippen molar-refractivity contribution in [2.24, 2.45) is 5.92 Å². The predicted molar refractivity (Wildman–Crippen MR) is 99.3 cm³/mol. The van der Waals surface area contributed by atoms with E-state index in [0.29, 0.717) is 28.5 Å². The first-order valence-electron chi connectivity index (χ1n) is 9.55. The molecule has 1 atom stereocenters. The van der Waals surface area contributed by atoms with Crippen LogP contribution in [0.3, 0.4) is 0 Å². The predicted octanol–water partition coefficient (Wildman–Crippen LogP) is -1.10. The smallest absolute Gasteiger partial charge is 0.131 e. The van der Waals surface area contributed by atoms with Gasteiger partial charge in [-0.1, -0.05) is 36.4 Å². The van der Waals surface area contributed by atoms with Gasteiger partial charge in [-0.2, -0.15) is 0 Å². The van der Waals surface area contributed by atoms with E-state index >= 15 is 0 Å². The van der Waals surface area contributed by atoms with Gasteiger partial charge in [0.2, 0.25) is 0 Å². The highest BCUT2D eigenvalue weighted by atomic mass is 79.9. The van der Waals surface area contributed by atoms with Crippen LogP contribution in [0, 0.1) is 5.92 Å². The third kappa shape index (κ3) is 3.95. The van der Waals surface area contributed by atoms with Crippen molar-refractivity contribution in [2.75, 3.05) is 26.7 Å². The number of halogens is 1. The van der Waals surface area contributed by atoms with Gasteiger partial charge in [0.25, 0.3) is 0 Å². The monoisotopic (exact) mass is 446 g/mol. The number of fused-ring (bicyclic) bond motifs is 5. The summed E-state index contributed by atoms with van der Waals surface area (Å²) in [5.41, 5.74) is 1.29. The van der Waals surface area contributed by atoms with Crippen molar-refractivity contribution in [3.05, 3.63) is 59.7 Å². The third-order valence-electron chi connectivity index (χ3n) is 6.17. The molecular formula is C22H25BrNO4-. The molecule has 6 rings (SSSR count). The Morgan fingerprint density at radius 3 is 1.93 bits per heavy atom. The number of carbonyl (C=O) groups excluding carboxylic acids is 1. The van der Waals surface area contributed by atoms with Crippen LogP contribution < -0.4 is 26.8 Å². The molecule has 0 saturated carbocycles. The molecule has 150 valence electrons. The molecule has 2 aromatic rings. The van der Waals surface area contributed by atoms with Gasteiger partial charge in [-0.25, -0.2) is 0 Å². The number of rotatable bonds is 1. The van der Waals surface area contributed by atoms with Crippen molar-refractivity contribution in [1.82, 2.24) is 0 Å². The number of hydrogen-bond donors (Lipinski definition) is 1. The Bertz CT molecular complexity index is 802. The molecule has 1 N–H and O–H groups in total. The Morgan fingerprint density at radius 2 is 1.54 bits per heavy atom. The third-order valence-corrected chi connectivity index (χ3v) is 6.17. The molecule has 3 fully saturated rings. The Kier molecular flexibility index (Phi) is 6.12. The molecule has 5 nitrogen and oxygen atoms in total. The van der Waals surface area contributed by atoms with Crippen molar-refractivity contribution in [1.29, 1.82) is 0 Å².